The molecule has 2 atom stereocenters. The quantitative estimate of drug-likeness (QED) is 0.646. The smallest absolute Gasteiger partial charge is 0.258 e. The van der Waals surface area contributed by atoms with E-state index in [1.165, 1.54) is 19.2 Å². The summed E-state index contributed by atoms with van der Waals surface area (Å²) in [5.74, 6) is 1.05. The van der Waals surface area contributed by atoms with Gasteiger partial charge in [-0.15, -0.1) is 0 Å². The van der Waals surface area contributed by atoms with Crippen molar-refractivity contribution in [3.05, 3.63) is 58.8 Å². The third-order valence-corrected chi connectivity index (χ3v) is 6.70. The number of fused-ring (bicyclic) bond motifs is 2. The molecule has 4 heterocycles. The maximum Gasteiger partial charge on any atom is 0.258 e. The van der Waals surface area contributed by atoms with Gasteiger partial charge in [0.05, 0.1) is 18.5 Å². The standard InChI is InChI=1S/C24H27FN4O2/c1-15(2)27-10-17-12-28(13-18(17)11-27)19-5-7-23-26-21(9-24(30)29(23)14-19)16-4-6-22(31-3)20(25)8-16/h4-9,14-15,17-18H,10-13H2,1-3H3/t17-,18+. The van der Waals surface area contributed by atoms with E-state index in [0.717, 1.165) is 31.9 Å². The zero-order valence-electron chi connectivity index (χ0n) is 18.1. The topological polar surface area (TPSA) is 50.1 Å². The number of likely N-dealkylation sites (tertiary alicyclic amines) is 1. The molecule has 0 bridgehead atoms. The summed E-state index contributed by atoms with van der Waals surface area (Å²) in [5.41, 5.74) is 2.41. The molecule has 0 amide bonds. The molecule has 0 N–H and O–H groups in total. The summed E-state index contributed by atoms with van der Waals surface area (Å²) in [6.45, 7) is 8.85. The molecular formula is C24H27FN4O2. The zero-order chi connectivity index (χ0) is 21.7. The Kier molecular flexibility index (Phi) is 4.93. The molecule has 162 valence electrons. The van der Waals surface area contributed by atoms with Crippen LogP contribution in [-0.2, 0) is 0 Å². The summed E-state index contributed by atoms with van der Waals surface area (Å²) in [4.78, 5) is 22.4. The minimum atomic E-state index is -0.479. The molecule has 31 heavy (non-hydrogen) atoms. The molecule has 7 heteroatoms. The second-order valence-electron chi connectivity index (χ2n) is 8.92. The molecule has 0 aliphatic carbocycles. The third-order valence-electron chi connectivity index (χ3n) is 6.70. The number of anilines is 1. The Morgan fingerprint density at radius 3 is 2.45 bits per heavy atom. The van der Waals surface area contributed by atoms with Gasteiger partial charge in [0.2, 0.25) is 0 Å². The van der Waals surface area contributed by atoms with Crippen LogP contribution in [0.5, 0.6) is 5.75 Å². The lowest BCUT2D eigenvalue weighted by Gasteiger charge is -2.25. The molecule has 2 aliphatic heterocycles. The number of halogens is 1. The number of hydrogen-bond donors (Lipinski definition) is 0. The lowest BCUT2D eigenvalue weighted by atomic mass is 10.0. The van der Waals surface area contributed by atoms with Crippen LogP contribution < -0.4 is 15.2 Å². The number of methoxy groups -OCH3 is 1. The van der Waals surface area contributed by atoms with Gasteiger partial charge in [0, 0.05) is 50.0 Å². The molecule has 0 unspecified atom stereocenters. The number of ether oxygens (including phenoxy) is 1. The Bertz CT molecular complexity index is 1180. The van der Waals surface area contributed by atoms with Gasteiger partial charge in [0.15, 0.2) is 11.6 Å². The van der Waals surface area contributed by atoms with Gasteiger partial charge >= 0.3 is 0 Å². The molecule has 2 aliphatic rings. The van der Waals surface area contributed by atoms with Crippen LogP contribution in [0.25, 0.3) is 16.9 Å². The lowest BCUT2D eigenvalue weighted by molar-refractivity contribution is 0.258. The highest BCUT2D eigenvalue weighted by atomic mass is 19.1. The van der Waals surface area contributed by atoms with E-state index in [1.54, 1.807) is 16.5 Å². The first-order valence-electron chi connectivity index (χ1n) is 10.8. The van der Waals surface area contributed by atoms with Gasteiger partial charge in [-0.3, -0.25) is 9.20 Å². The minimum Gasteiger partial charge on any atom is -0.494 e. The van der Waals surface area contributed by atoms with Crippen LogP contribution in [0.15, 0.2) is 47.4 Å². The SMILES string of the molecule is COc1ccc(-c2cc(=O)n3cc(N4C[C@@H]5CN(C(C)C)C[C@@H]5C4)ccc3n2)cc1F. The van der Waals surface area contributed by atoms with Crippen LogP contribution in [0, 0.1) is 17.7 Å². The van der Waals surface area contributed by atoms with Crippen molar-refractivity contribution in [3.8, 4) is 17.0 Å². The van der Waals surface area contributed by atoms with Crippen LogP contribution in [0.3, 0.4) is 0 Å². The van der Waals surface area contributed by atoms with Gasteiger partial charge in [-0.25, -0.2) is 9.37 Å². The number of rotatable bonds is 4. The molecule has 2 fully saturated rings. The van der Waals surface area contributed by atoms with Crippen molar-refractivity contribution < 1.29 is 9.13 Å². The summed E-state index contributed by atoms with van der Waals surface area (Å²) < 4.78 is 20.6. The first-order chi connectivity index (χ1) is 14.9. The van der Waals surface area contributed by atoms with Gasteiger partial charge < -0.3 is 14.5 Å². The van der Waals surface area contributed by atoms with Crippen molar-refractivity contribution in [1.82, 2.24) is 14.3 Å². The van der Waals surface area contributed by atoms with Crippen molar-refractivity contribution in [2.75, 3.05) is 38.2 Å². The monoisotopic (exact) mass is 422 g/mol. The largest absolute Gasteiger partial charge is 0.494 e. The van der Waals surface area contributed by atoms with Crippen LogP contribution in [-0.4, -0.2) is 53.6 Å². The van der Waals surface area contributed by atoms with Gasteiger partial charge in [-0.2, -0.15) is 0 Å². The second-order valence-corrected chi connectivity index (χ2v) is 8.92. The highest BCUT2D eigenvalue weighted by Gasteiger charge is 2.40. The molecule has 2 aromatic heterocycles. The van der Waals surface area contributed by atoms with Crippen molar-refractivity contribution in [2.45, 2.75) is 19.9 Å². The zero-order valence-corrected chi connectivity index (χ0v) is 18.1. The van der Waals surface area contributed by atoms with Gasteiger partial charge in [-0.05, 0) is 56.0 Å². The predicted molar refractivity (Wildman–Crippen MR) is 119 cm³/mol. The fourth-order valence-corrected chi connectivity index (χ4v) is 4.91. The van der Waals surface area contributed by atoms with Crippen LogP contribution in [0.2, 0.25) is 0 Å². The minimum absolute atomic E-state index is 0.165. The molecule has 1 aromatic carbocycles. The first-order valence-corrected chi connectivity index (χ1v) is 10.8. The van der Waals surface area contributed by atoms with Gasteiger partial charge in [0.25, 0.3) is 5.56 Å². The van der Waals surface area contributed by atoms with Crippen molar-refractivity contribution in [2.24, 2.45) is 11.8 Å². The number of pyridine rings is 1. The van der Waals surface area contributed by atoms with Crippen LogP contribution in [0.1, 0.15) is 13.8 Å². The average Bonchev–Trinajstić information content (AvgIpc) is 3.33. The molecule has 3 aromatic rings. The number of nitrogens with zero attached hydrogens (tertiary/aromatic N) is 4. The summed E-state index contributed by atoms with van der Waals surface area (Å²) in [6.07, 6.45) is 1.88. The summed E-state index contributed by atoms with van der Waals surface area (Å²) in [7, 11) is 1.42. The van der Waals surface area contributed by atoms with E-state index in [1.807, 2.05) is 18.3 Å². The van der Waals surface area contributed by atoms with E-state index in [-0.39, 0.29) is 11.3 Å². The highest BCUT2D eigenvalue weighted by molar-refractivity contribution is 5.63. The van der Waals surface area contributed by atoms with E-state index >= 15 is 0 Å². The second kappa shape index (κ2) is 7.64. The lowest BCUT2D eigenvalue weighted by Crippen LogP contribution is -2.33. The fourth-order valence-electron chi connectivity index (χ4n) is 4.91. The molecule has 6 nitrogen and oxygen atoms in total. The third kappa shape index (κ3) is 3.57. The van der Waals surface area contributed by atoms with E-state index in [9.17, 15) is 9.18 Å². The Hall–Kier alpha value is -2.93. The predicted octanol–water partition coefficient (Wildman–Crippen LogP) is 3.29. The number of hydrogen-bond acceptors (Lipinski definition) is 5. The first kappa shape index (κ1) is 20.0. The van der Waals surface area contributed by atoms with Crippen LogP contribution >= 0.6 is 0 Å². The molecule has 0 radical (unpaired) electrons. The summed E-state index contributed by atoms with van der Waals surface area (Å²) >= 11 is 0. The molecule has 0 saturated carbocycles. The van der Waals surface area contributed by atoms with Gasteiger partial charge in [-0.1, -0.05) is 0 Å². The van der Waals surface area contributed by atoms with E-state index in [2.05, 4.69) is 28.6 Å². The van der Waals surface area contributed by atoms with Crippen molar-refractivity contribution >= 4 is 11.3 Å². The Morgan fingerprint density at radius 2 is 1.81 bits per heavy atom. The Labute approximate surface area is 180 Å². The Balaban J connectivity index is 1.42. The van der Waals surface area contributed by atoms with Crippen LogP contribution in [0.4, 0.5) is 10.1 Å². The normalized spacial score (nSPS) is 21.3. The highest BCUT2D eigenvalue weighted by Crippen LogP contribution is 2.34. The fraction of sp³-hybridized carbons (Fsp3) is 0.417. The van der Waals surface area contributed by atoms with E-state index < -0.39 is 5.82 Å². The van der Waals surface area contributed by atoms with Gasteiger partial charge in [0.1, 0.15) is 5.65 Å². The number of aromatic nitrogens is 2. The maximum absolute atomic E-state index is 14.1. The van der Waals surface area contributed by atoms with E-state index in [4.69, 9.17) is 4.74 Å². The maximum atomic E-state index is 14.1. The van der Waals surface area contributed by atoms with Crippen molar-refractivity contribution in [1.29, 1.82) is 0 Å². The molecular weight excluding hydrogens is 395 g/mol. The average molecular weight is 423 g/mol. The van der Waals surface area contributed by atoms with E-state index in [0.29, 0.717) is 34.8 Å². The van der Waals surface area contributed by atoms with Crippen molar-refractivity contribution in [3.63, 3.8) is 0 Å². The Morgan fingerprint density at radius 1 is 1.06 bits per heavy atom. The molecule has 5 rings (SSSR count). The number of benzene rings is 1. The molecule has 2 saturated heterocycles. The summed E-state index contributed by atoms with van der Waals surface area (Å²) in [5, 5.41) is 0. The summed E-state index contributed by atoms with van der Waals surface area (Å²) in [6, 6.07) is 10.5. The molecule has 0 spiro atoms.